The average Bonchev–Trinajstić information content (AvgIpc) is 2.59. The van der Waals surface area contributed by atoms with E-state index in [0.717, 1.165) is 11.1 Å². The lowest BCUT2D eigenvalue weighted by Gasteiger charge is -2.28. The first-order valence-corrected chi connectivity index (χ1v) is 9.89. The zero-order chi connectivity index (χ0) is 19.5. The second-order valence-corrected chi connectivity index (χ2v) is 8.60. The number of anilines is 1. The van der Waals surface area contributed by atoms with Gasteiger partial charge in [-0.25, -0.2) is 13.2 Å². The summed E-state index contributed by atoms with van der Waals surface area (Å²) in [6.45, 7) is 8.21. The highest BCUT2D eigenvalue weighted by molar-refractivity contribution is 7.92. The van der Waals surface area contributed by atoms with E-state index < -0.39 is 16.0 Å². The number of benzene rings is 2. The van der Waals surface area contributed by atoms with E-state index in [1.54, 1.807) is 0 Å². The molecule has 0 radical (unpaired) electrons. The Morgan fingerprint density at radius 2 is 1.69 bits per heavy atom. The Balaban J connectivity index is 2.50. The summed E-state index contributed by atoms with van der Waals surface area (Å²) in [6.07, 6.45) is 0. The molecule has 0 aliphatic heterocycles. The van der Waals surface area contributed by atoms with Crippen LogP contribution in [0, 0.1) is 19.8 Å². The zero-order valence-electron chi connectivity index (χ0n) is 15.8. The van der Waals surface area contributed by atoms with Crippen LogP contribution in [0.15, 0.2) is 47.4 Å². The number of nitrogens with zero attached hydrogens (tertiary/aromatic N) is 1. The molecule has 0 aliphatic carbocycles. The topological polar surface area (TPSA) is 63.7 Å². The van der Waals surface area contributed by atoms with Crippen LogP contribution in [0.25, 0.3) is 0 Å². The normalized spacial score (nSPS) is 11.5. The fraction of sp³-hybridized carbons (Fsp3) is 0.350. The molecule has 2 aromatic rings. The second-order valence-electron chi connectivity index (χ2n) is 6.74. The molecule has 5 nitrogen and oxygen atoms in total. The van der Waals surface area contributed by atoms with Gasteiger partial charge in [0.25, 0.3) is 10.0 Å². The first kappa shape index (κ1) is 20.0. The van der Waals surface area contributed by atoms with E-state index in [9.17, 15) is 13.2 Å². The Morgan fingerprint density at radius 3 is 2.19 bits per heavy atom. The van der Waals surface area contributed by atoms with E-state index in [2.05, 4.69) is 4.74 Å². The number of hydrogen-bond acceptors (Lipinski definition) is 4. The Morgan fingerprint density at radius 1 is 1.08 bits per heavy atom. The molecular formula is C20H25NO4S. The molecule has 0 amide bonds. The summed E-state index contributed by atoms with van der Waals surface area (Å²) in [5, 5.41) is 0. The van der Waals surface area contributed by atoms with Crippen LogP contribution in [-0.2, 0) is 14.8 Å². The monoisotopic (exact) mass is 375 g/mol. The van der Waals surface area contributed by atoms with Crippen molar-refractivity contribution in [1.29, 1.82) is 0 Å². The van der Waals surface area contributed by atoms with Crippen molar-refractivity contribution in [2.24, 2.45) is 5.92 Å². The van der Waals surface area contributed by atoms with Crippen molar-refractivity contribution in [2.45, 2.75) is 32.6 Å². The van der Waals surface area contributed by atoms with Crippen molar-refractivity contribution in [3.8, 4) is 0 Å². The summed E-state index contributed by atoms with van der Waals surface area (Å²) in [4.78, 5) is 11.7. The molecule has 0 bridgehead atoms. The number of hydrogen-bond donors (Lipinski definition) is 0. The number of aryl methyl sites for hydroxylation is 2. The number of rotatable bonds is 6. The van der Waals surface area contributed by atoms with Crippen molar-refractivity contribution in [3.63, 3.8) is 0 Å². The highest BCUT2D eigenvalue weighted by Crippen LogP contribution is 2.28. The highest BCUT2D eigenvalue weighted by atomic mass is 32.2. The lowest BCUT2D eigenvalue weighted by atomic mass is 10.1. The van der Waals surface area contributed by atoms with Crippen molar-refractivity contribution in [3.05, 3.63) is 59.2 Å². The van der Waals surface area contributed by atoms with E-state index in [1.165, 1.54) is 35.7 Å². The van der Waals surface area contributed by atoms with Gasteiger partial charge in [-0.2, -0.15) is 0 Å². The predicted octanol–water partition coefficient (Wildman–Crippen LogP) is 3.94. The standard InChI is InChI=1S/C20H25NO4S/c1-14(2)13-21(19-11-6-15(3)12-16(19)4)26(23,24)18-9-7-17(8-10-18)20(22)25-5/h6-12,14H,13H2,1-5H3. The van der Waals surface area contributed by atoms with E-state index in [0.29, 0.717) is 17.8 Å². The van der Waals surface area contributed by atoms with Crippen molar-refractivity contribution < 1.29 is 17.9 Å². The largest absolute Gasteiger partial charge is 0.465 e. The Kier molecular flexibility index (Phi) is 6.08. The predicted molar refractivity (Wildman–Crippen MR) is 103 cm³/mol. The number of sulfonamides is 1. The van der Waals surface area contributed by atoms with Crippen LogP contribution in [0.4, 0.5) is 5.69 Å². The van der Waals surface area contributed by atoms with Crippen molar-refractivity contribution in [1.82, 2.24) is 0 Å². The summed E-state index contributed by atoms with van der Waals surface area (Å²) in [5.41, 5.74) is 2.96. The van der Waals surface area contributed by atoms with E-state index in [1.807, 2.05) is 45.9 Å². The number of esters is 1. The van der Waals surface area contributed by atoms with E-state index >= 15 is 0 Å². The average molecular weight is 375 g/mol. The third-order valence-electron chi connectivity index (χ3n) is 4.02. The van der Waals surface area contributed by atoms with Crippen molar-refractivity contribution >= 4 is 21.7 Å². The molecule has 0 unspecified atom stereocenters. The van der Waals surface area contributed by atoms with Gasteiger partial charge in [0.15, 0.2) is 0 Å². The molecule has 26 heavy (non-hydrogen) atoms. The Bertz CT molecular complexity index is 887. The number of carbonyl (C=O) groups excluding carboxylic acids is 1. The molecular weight excluding hydrogens is 350 g/mol. The molecule has 2 aromatic carbocycles. The van der Waals surface area contributed by atoms with Crippen LogP contribution in [0.3, 0.4) is 0 Å². The van der Waals surface area contributed by atoms with Gasteiger partial charge < -0.3 is 4.74 Å². The highest BCUT2D eigenvalue weighted by Gasteiger charge is 2.27. The fourth-order valence-electron chi connectivity index (χ4n) is 2.75. The van der Waals surface area contributed by atoms with Gasteiger partial charge in [0, 0.05) is 6.54 Å². The van der Waals surface area contributed by atoms with Crippen LogP contribution in [0.5, 0.6) is 0 Å². The molecule has 0 aliphatic rings. The van der Waals surface area contributed by atoms with Crippen LogP contribution >= 0.6 is 0 Å². The summed E-state index contributed by atoms with van der Waals surface area (Å²) in [6, 6.07) is 11.5. The van der Waals surface area contributed by atoms with Gasteiger partial charge in [-0.3, -0.25) is 4.31 Å². The second kappa shape index (κ2) is 7.91. The zero-order valence-corrected chi connectivity index (χ0v) is 16.6. The van der Waals surface area contributed by atoms with Crippen LogP contribution in [0.2, 0.25) is 0 Å². The Hall–Kier alpha value is -2.34. The molecule has 2 rings (SSSR count). The van der Waals surface area contributed by atoms with Gasteiger partial charge in [-0.15, -0.1) is 0 Å². The molecule has 0 heterocycles. The summed E-state index contributed by atoms with van der Waals surface area (Å²) >= 11 is 0. The lowest BCUT2D eigenvalue weighted by Crippen LogP contribution is -2.34. The number of methoxy groups -OCH3 is 1. The maximum absolute atomic E-state index is 13.3. The van der Waals surface area contributed by atoms with Gasteiger partial charge in [0.1, 0.15) is 0 Å². The van der Waals surface area contributed by atoms with Gasteiger partial charge in [0.05, 0.1) is 23.3 Å². The molecule has 0 atom stereocenters. The van der Waals surface area contributed by atoms with Crippen LogP contribution in [0.1, 0.15) is 35.3 Å². The van der Waals surface area contributed by atoms with Gasteiger partial charge in [0.2, 0.25) is 0 Å². The fourth-order valence-corrected chi connectivity index (χ4v) is 4.44. The third-order valence-corrected chi connectivity index (χ3v) is 5.81. The SMILES string of the molecule is COC(=O)c1ccc(S(=O)(=O)N(CC(C)C)c2ccc(C)cc2C)cc1. The molecule has 6 heteroatoms. The first-order valence-electron chi connectivity index (χ1n) is 8.45. The molecule has 0 saturated heterocycles. The first-order chi connectivity index (χ1) is 12.2. The lowest BCUT2D eigenvalue weighted by molar-refractivity contribution is 0.0600. The smallest absolute Gasteiger partial charge is 0.337 e. The molecule has 0 N–H and O–H groups in total. The number of carbonyl (C=O) groups is 1. The Labute approximate surface area is 155 Å². The van der Waals surface area contributed by atoms with Crippen molar-refractivity contribution in [2.75, 3.05) is 18.0 Å². The van der Waals surface area contributed by atoms with Gasteiger partial charge in [-0.05, 0) is 55.7 Å². The minimum atomic E-state index is -3.75. The third kappa shape index (κ3) is 4.25. The molecule has 0 aromatic heterocycles. The molecule has 0 saturated carbocycles. The quantitative estimate of drug-likeness (QED) is 0.718. The molecule has 140 valence electrons. The van der Waals surface area contributed by atoms with Crippen LogP contribution in [-0.4, -0.2) is 28.0 Å². The molecule has 0 spiro atoms. The maximum atomic E-state index is 13.3. The minimum absolute atomic E-state index is 0.144. The minimum Gasteiger partial charge on any atom is -0.465 e. The summed E-state index contributed by atoms with van der Waals surface area (Å²) in [7, 11) is -2.46. The van der Waals surface area contributed by atoms with Gasteiger partial charge in [-0.1, -0.05) is 31.5 Å². The van der Waals surface area contributed by atoms with E-state index in [4.69, 9.17) is 0 Å². The summed E-state index contributed by atoms with van der Waals surface area (Å²) in [5.74, 6) is -0.345. The van der Waals surface area contributed by atoms with E-state index in [-0.39, 0.29) is 10.8 Å². The maximum Gasteiger partial charge on any atom is 0.337 e. The molecule has 0 fully saturated rings. The summed E-state index contributed by atoms with van der Waals surface area (Å²) < 4.78 is 32.6. The number of ether oxygens (including phenoxy) is 1. The van der Waals surface area contributed by atoms with Gasteiger partial charge >= 0.3 is 5.97 Å². The van der Waals surface area contributed by atoms with Crippen LogP contribution < -0.4 is 4.31 Å².